The fourth-order valence-electron chi connectivity index (χ4n) is 0.661. The first kappa shape index (κ1) is 4.36. The molecule has 8 heavy (non-hydrogen) atoms. The molecule has 2 aromatic heterocycles. The van der Waals surface area contributed by atoms with Gasteiger partial charge in [-0.3, -0.25) is 0 Å². The molecule has 0 aliphatic heterocycles. The minimum absolute atomic E-state index is 0.503. The van der Waals surface area contributed by atoms with Crippen molar-refractivity contribution in [2.75, 3.05) is 0 Å². The van der Waals surface area contributed by atoms with Crippen molar-refractivity contribution >= 4 is 19.0 Å². The third-order valence-electron chi connectivity index (χ3n) is 1.03. The molecular formula is C5H4N2Se. The first-order valence-electron chi connectivity index (χ1n) is 2.33. The Bertz CT molecular complexity index is 232. The van der Waals surface area contributed by atoms with Gasteiger partial charge in [0.15, 0.2) is 0 Å². The summed E-state index contributed by atoms with van der Waals surface area (Å²) < 4.78 is 3.26. The van der Waals surface area contributed by atoms with Crippen molar-refractivity contribution in [1.29, 1.82) is 0 Å². The molecule has 2 heterocycles. The van der Waals surface area contributed by atoms with E-state index >= 15 is 0 Å². The molecule has 0 aliphatic rings. The van der Waals surface area contributed by atoms with Gasteiger partial charge in [0.25, 0.3) is 0 Å². The Labute approximate surface area is 52.5 Å². The third kappa shape index (κ3) is 0.457. The summed E-state index contributed by atoms with van der Waals surface area (Å²) in [6.07, 6.45) is 5.86. The number of hydrogen-bond donors (Lipinski definition) is 0. The van der Waals surface area contributed by atoms with Crippen molar-refractivity contribution in [3.8, 4) is 0 Å². The molecule has 0 atom stereocenters. The maximum atomic E-state index is 4.12. The Morgan fingerprint density at radius 3 is 3.38 bits per heavy atom. The van der Waals surface area contributed by atoms with Crippen LogP contribution in [0.1, 0.15) is 0 Å². The zero-order valence-electron chi connectivity index (χ0n) is 4.11. The van der Waals surface area contributed by atoms with Crippen LogP contribution in [0, 0.1) is 0 Å². The molecular weight excluding hydrogens is 167 g/mol. The number of fused-ring (bicyclic) bond motifs is 1. The number of hydrogen-bond acceptors (Lipinski definition) is 1. The van der Waals surface area contributed by atoms with Crippen molar-refractivity contribution in [2.24, 2.45) is 0 Å². The molecule has 0 amide bonds. The van der Waals surface area contributed by atoms with Gasteiger partial charge in [-0.05, 0) is 0 Å². The van der Waals surface area contributed by atoms with Crippen LogP contribution in [0.15, 0.2) is 23.5 Å². The molecule has 0 fully saturated rings. The van der Waals surface area contributed by atoms with Gasteiger partial charge in [0, 0.05) is 0 Å². The molecule has 0 unspecified atom stereocenters. The van der Waals surface area contributed by atoms with Gasteiger partial charge in [0.1, 0.15) is 0 Å². The van der Waals surface area contributed by atoms with Crippen molar-refractivity contribution in [1.82, 2.24) is 9.38 Å². The normalized spacial score (nSPS) is 10.5. The Kier molecular flexibility index (Phi) is 0.801. The van der Waals surface area contributed by atoms with Crippen molar-refractivity contribution in [3.63, 3.8) is 0 Å². The van der Waals surface area contributed by atoms with Crippen LogP contribution in [0.4, 0.5) is 0 Å². The summed E-state index contributed by atoms with van der Waals surface area (Å²) in [5.41, 5.74) is 0. The van der Waals surface area contributed by atoms with Gasteiger partial charge in [-0.2, -0.15) is 0 Å². The Balaban J connectivity index is 3.06. The van der Waals surface area contributed by atoms with Gasteiger partial charge in [0.05, 0.1) is 0 Å². The Morgan fingerprint density at radius 2 is 2.50 bits per heavy atom. The van der Waals surface area contributed by atoms with E-state index in [1.807, 2.05) is 12.4 Å². The van der Waals surface area contributed by atoms with Crippen molar-refractivity contribution in [2.45, 2.75) is 0 Å². The quantitative estimate of drug-likeness (QED) is 0.524. The minimum atomic E-state index is 0.503. The summed E-state index contributed by atoms with van der Waals surface area (Å²) in [5, 5.41) is 0. The second-order valence-corrected chi connectivity index (χ2v) is 3.35. The fourth-order valence-corrected chi connectivity index (χ4v) is 2.09. The van der Waals surface area contributed by atoms with E-state index in [4.69, 9.17) is 0 Å². The average molecular weight is 171 g/mol. The summed E-state index contributed by atoms with van der Waals surface area (Å²) in [6.45, 7) is 0. The van der Waals surface area contributed by atoms with E-state index in [0.29, 0.717) is 14.5 Å². The Hall–Kier alpha value is -0.531. The molecule has 40 valence electrons. The molecule has 0 spiro atoms. The average Bonchev–Trinajstić information content (AvgIpc) is 2.15. The zero-order chi connectivity index (χ0) is 5.40. The zero-order valence-corrected chi connectivity index (χ0v) is 5.83. The maximum absolute atomic E-state index is 4.12. The SMILES string of the molecule is c1cn2cc[se]c2n1. The molecule has 2 nitrogen and oxygen atoms in total. The molecule has 0 bridgehead atoms. The predicted octanol–water partition coefficient (Wildman–Crippen LogP) is 0.391. The molecule has 0 saturated carbocycles. The first-order chi connectivity index (χ1) is 3.97. The van der Waals surface area contributed by atoms with Gasteiger partial charge in [-0.15, -0.1) is 0 Å². The van der Waals surface area contributed by atoms with Crippen LogP contribution in [0.2, 0.25) is 0 Å². The van der Waals surface area contributed by atoms with E-state index in [-0.39, 0.29) is 0 Å². The second kappa shape index (κ2) is 1.47. The summed E-state index contributed by atoms with van der Waals surface area (Å²) in [4.78, 5) is 6.29. The summed E-state index contributed by atoms with van der Waals surface area (Å²) in [6, 6.07) is 0. The second-order valence-electron chi connectivity index (χ2n) is 1.52. The van der Waals surface area contributed by atoms with Crippen LogP contribution in [0.25, 0.3) is 4.52 Å². The van der Waals surface area contributed by atoms with Crippen LogP contribution >= 0.6 is 0 Å². The van der Waals surface area contributed by atoms with Crippen LogP contribution in [0.3, 0.4) is 0 Å². The number of nitrogens with zero attached hydrogens (tertiary/aromatic N) is 2. The fraction of sp³-hybridized carbons (Fsp3) is 0. The Morgan fingerprint density at radius 1 is 1.50 bits per heavy atom. The molecule has 3 heteroatoms. The molecule has 2 rings (SSSR count). The van der Waals surface area contributed by atoms with Gasteiger partial charge >= 0.3 is 51.9 Å². The molecule has 0 N–H and O–H groups in total. The van der Waals surface area contributed by atoms with Crippen molar-refractivity contribution in [3.05, 3.63) is 23.5 Å². The van der Waals surface area contributed by atoms with E-state index < -0.39 is 0 Å². The van der Waals surface area contributed by atoms with E-state index in [2.05, 4.69) is 20.5 Å². The first-order valence-corrected chi connectivity index (χ1v) is 4.17. The van der Waals surface area contributed by atoms with Crippen LogP contribution in [-0.4, -0.2) is 23.9 Å². The van der Waals surface area contributed by atoms with Gasteiger partial charge in [-0.1, -0.05) is 0 Å². The van der Waals surface area contributed by atoms with Crippen LogP contribution < -0.4 is 0 Å². The molecule has 2 aromatic rings. The predicted molar refractivity (Wildman–Crippen MR) is 32.1 cm³/mol. The van der Waals surface area contributed by atoms with E-state index in [0.717, 1.165) is 0 Å². The van der Waals surface area contributed by atoms with Gasteiger partial charge < -0.3 is 0 Å². The van der Waals surface area contributed by atoms with Crippen molar-refractivity contribution < 1.29 is 0 Å². The molecule has 0 aliphatic carbocycles. The van der Waals surface area contributed by atoms with Gasteiger partial charge in [-0.25, -0.2) is 0 Å². The summed E-state index contributed by atoms with van der Waals surface area (Å²) in [7, 11) is 0. The monoisotopic (exact) mass is 172 g/mol. The number of imidazole rings is 1. The van der Waals surface area contributed by atoms with Crippen LogP contribution in [0.5, 0.6) is 0 Å². The van der Waals surface area contributed by atoms with E-state index in [1.165, 1.54) is 4.52 Å². The summed E-state index contributed by atoms with van der Waals surface area (Å²) >= 11 is 0.503. The molecule has 0 aromatic carbocycles. The standard InChI is InChI=1S/C5H4N2Se/c1-2-7-3-4-8-5(7)6-1/h1-4H. The van der Waals surface area contributed by atoms with E-state index in [9.17, 15) is 0 Å². The topological polar surface area (TPSA) is 17.3 Å². The number of rotatable bonds is 0. The van der Waals surface area contributed by atoms with E-state index in [1.54, 1.807) is 0 Å². The summed E-state index contributed by atoms with van der Waals surface area (Å²) in [5.74, 6) is 0. The van der Waals surface area contributed by atoms with Gasteiger partial charge in [0.2, 0.25) is 0 Å². The van der Waals surface area contributed by atoms with Crippen LogP contribution in [-0.2, 0) is 0 Å². The molecule has 0 radical (unpaired) electrons. The molecule has 0 saturated heterocycles. The third-order valence-corrected chi connectivity index (χ3v) is 2.67. The number of aromatic nitrogens is 2.